The molecule has 1 aliphatic heterocycles. The molecule has 2 heterocycles. The highest BCUT2D eigenvalue weighted by Gasteiger charge is 2.20. The highest BCUT2D eigenvalue weighted by atomic mass is 32.2. The zero-order valence-electron chi connectivity index (χ0n) is 12.3. The number of anilines is 1. The zero-order valence-corrected chi connectivity index (χ0v) is 14.8. The molecule has 3 rings (SSSR count). The lowest BCUT2D eigenvalue weighted by Gasteiger charge is -2.07. The Balaban J connectivity index is 1.68. The van der Waals surface area contributed by atoms with Gasteiger partial charge in [0.15, 0.2) is 20.1 Å². The Morgan fingerprint density at radius 1 is 1.43 bits per heavy atom. The molecule has 122 valence electrons. The molecule has 0 unspecified atom stereocenters. The second-order valence-corrected chi connectivity index (χ2v) is 8.49. The van der Waals surface area contributed by atoms with Crippen LogP contribution < -0.4 is 15.4 Å². The van der Waals surface area contributed by atoms with Crippen molar-refractivity contribution in [3.05, 3.63) is 30.0 Å². The molecule has 0 saturated heterocycles. The number of aromatic nitrogens is 1. The molecular weight excluding hydrogens is 354 g/mol. The van der Waals surface area contributed by atoms with Gasteiger partial charge >= 0.3 is 0 Å². The van der Waals surface area contributed by atoms with Crippen LogP contribution in [0.2, 0.25) is 0 Å². The third-order valence-corrected chi connectivity index (χ3v) is 5.69. The van der Waals surface area contributed by atoms with E-state index >= 15 is 0 Å². The first kappa shape index (κ1) is 16.2. The number of nitrogens with zero attached hydrogens (tertiary/aromatic N) is 1. The van der Waals surface area contributed by atoms with Crippen molar-refractivity contribution in [2.75, 3.05) is 23.4 Å². The van der Waals surface area contributed by atoms with Crippen LogP contribution in [0, 0.1) is 0 Å². The standard InChI is InChI=1S/C14H15N3O3S3/c1-2-20-10-3-4-11-12(7-10)22-14(16-11)17-13(21)15-9-5-6-23(18,19)8-9/h3-5,7H,2,6,8H2,1H3,(H2,15,16,17,21). The van der Waals surface area contributed by atoms with E-state index in [0.717, 1.165) is 16.0 Å². The number of benzene rings is 1. The molecule has 1 aliphatic rings. The lowest BCUT2D eigenvalue weighted by atomic mass is 10.3. The van der Waals surface area contributed by atoms with Gasteiger partial charge in [-0.15, -0.1) is 0 Å². The monoisotopic (exact) mass is 369 g/mol. The normalized spacial score (nSPS) is 16.1. The van der Waals surface area contributed by atoms with Gasteiger partial charge in [-0.2, -0.15) is 0 Å². The second-order valence-electron chi connectivity index (χ2n) is 4.94. The van der Waals surface area contributed by atoms with E-state index in [-0.39, 0.29) is 11.5 Å². The van der Waals surface area contributed by atoms with Crippen LogP contribution in [0.1, 0.15) is 6.92 Å². The molecule has 0 atom stereocenters. The van der Waals surface area contributed by atoms with Crippen molar-refractivity contribution >= 4 is 53.9 Å². The summed E-state index contributed by atoms with van der Waals surface area (Å²) < 4.78 is 29.3. The van der Waals surface area contributed by atoms with Crippen molar-refractivity contribution in [3.8, 4) is 5.75 Å². The Bertz CT molecular complexity index is 887. The van der Waals surface area contributed by atoms with Gasteiger partial charge in [-0.05, 0) is 43.4 Å². The Morgan fingerprint density at radius 3 is 2.96 bits per heavy atom. The summed E-state index contributed by atoms with van der Waals surface area (Å²) in [5, 5.41) is 6.87. The minimum atomic E-state index is -3.01. The van der Waals surface area contributed by atoms with Crippen LogP contribution in [0.5, 0.6) is 5.75 Å². The molecule has 0 radical (unpaired) electrons. The Kier molecular flexibility index (Phi) is 4.51. The molecule has 1 aromatic carbocycles. The summed E-state index contributed by atoms with van der Waals surface area (Å²) in [6, 6.07) is 5.70. The molecule has 1 aromatic heterocycles. The number of thiocarbonyl (C=S) groups is 1. The maximum Gasteiger partial charge on any atom is 0.190 e. The van der Waals surface area contributed by atoms with E-state index in [2.05, 4.69) is 15.6 Å². The average Bonchev–Trinajstić information content (AvgIpc) is 3.01. The third kappa shape index (κ3) is 3.98. The maximum atomic E-state index is 11.4. The van der Waals surface area contributed by atoms with E-state index in [1.807, 2.05) is 25.1 Å². The first-order chi connectivity index (χ1) is 10.9. The van der Waals surface area contributed by atoms with Crippen LogP contribution in [-0.2, 0) is 9.84 Å². The minimum Gasteiger partial charge on any atom is -0.494 e. The quantitative estimate of drug-likeness (QED) is 0.801. The van der Waals surface area contributed by atoms with Gasteiger partial charge in [0.1, 0.15) is 5.75 Å². The summed E-state index contributed by atoms with van der Waals surface area (Å²) >= 11 is 6.66. The fraction of sp³-hybridized carbons (Fsp3) is 0.286. The summed E-state index contributed by atoms with van der Waals surface area (Å²) in [6.07, 6.45) is 1.63. The molecule has 0 bridgehead atoms. The van der Waals surface area contributed by atoms with Crippen LogP contribution in [-0.4, -0.2) is 36.6 Å². The van der Waals surface area contributed by atoms with Gasteiger partial charge in [-0.25, -0.2) is 13.4 Å². The predicted octanol–water partition coefficient (Wildman–Crippen LogP) is 2.29. The van der Waals surface area contributed by atoms with Crippen molar-refractivity contribution in [1.82, 2.24) is 10.3 Å². The number of nitrogens with one attached hydrogen (secondary N) is 2. The number of sulfone groups is 1. The SMILES string of the molecule is CCOc1ccc2nc(NC(=S)NC3=CCS(=O)(=O)C3)sc2c1. The summed E-state index contributed by atoms with van der Waals surface area (Å²) in [5.74, 6) is 0.850. The summed E-state index contributed by atoms with van der Waals surface area (Å²) in [4.78, 5) is 4.44. The van der Waals surface area contributed by atoms with E-state index in [1.165, 1.54) is 11.3 Å². The third-order valence-electron chi connectivity index (χ3n) is 3.12. The molecule has 2 aromatic rings. The Morgan fingerprint density at radius 2 is 2.26 bits per heavy atom. The molecule has 9 heteroatoms. The summed E-state index contributed by atoms with van der Waals surface area (Å²) in [5.41, 5.74) is 1.45. The van der Waals surface area contributed by atoms with Gasteiger partial charge in [0.25, 0.3) is 0 Å². The minimum absolute atomic E-state index is 0.00756. The molecule has 2 N–H and O–H groups in total. The van der Waals surface area contributed by atoms with Gasteiger partial charge in [0.2, 0.25) is 0 Å². The molecule has 0 aliphatic carbocycles. The molecular formula is C14H15N3O3S3. The number of thiazole rings is 1. The molecule has 0 fully saturated rings. The highest BCUT2D eigenvalue weighted by Crippen LogP contribution is 2.29. The highest BCUT2D eigenvalue weighted by molar-refractivity contribution is 7.92. The van der Waals surface area contributed by atoms with Crippen molar-refractivity contribution in [1.29, 1.82) is 0 Å². The molecule has 0 saturated carbocycles. The number of ether oxygens (including phenoxy) is 1. The van der Waals surface area contributed by atoms with Crippen molar-refractivity contribution in [2.45, 2.75) is 6.92 Å². The number of hydrogen-bond donors (Lipinski definition) is 2. The van der Waals surface area contributed by atoms with Crippen LogP contribution in [0.3, 0.4) is 0 Å². The predicted molar refractivity (Wildman–Crippen MR) is 96.9 cm³/mol. The fourth-order valence-corrected chi connectivity index (χ4v) is 4.59. The van der Waals surface area contributed by atoms with E-state index in [9.17, 15) is 8.42 Å². The average molecular weight is 369 g/mol. The molecule has 0 amide bonds. The smallest absolute Gasteiger partial charge is 0.190 e. The number of rotatable bonds is 4. The molecule has 23 heavy (non-hydrogen) atoms. The number of fused-ring (bicyclic) bond motifs is 1. The van der Waals surface area contributed by atoms with Crippen molar-refractivity contribution < 1.29 is 13.2 Å². The van der Waals surface area contributed by atoms with E-state index in [0.29, 0.717) is 22.5 Å². The Labute approximate surface area is 143 Å². The van der Waals surface area contributed by atoms with Gasteiger partial charge in [0, 0.05) is 5.70 Å². The maximum absolute atomic E-state index is 11.4. The van der Waals surface area contributed by atoms with Crippen molar-refractivity contribution in [3.63, 3.8) is 0 Å². The Hall–Kier alpha value is -1.71. The van der Waals surface area contributed by atoms with Gasteiger partial charge in [-0.1, -0.05) is 11.3 Å². The van der Waals surface area contributed by atoms with Gasteiger partial charge in [0.05, 0.1) is 28.3 Å². The summed E-state index contributed by atoms with van der Waals surface area (Å²) in [7, 11) is -3.01. The van der Waals surface area contributed by atoms with Crippen LogP contribution in [0.25, 0.3) is 10.2 Å². The van der Waals surface area contributed by atoms with Crippen LogP contribution in [0.4, 0.5) is 5.13 Å². The molecule has 0 spiro atoms. The van der Waals surface area contributed by atoms with Crippen LogP contribution in [0.15, 0.2) is 30.0 Å². The first-order valence-corrected chi connectivity index (χ1v) is 10.0. The second kappa shape index (κ2) is 6.42. The van der Waals surface area contributed by atoms with Crippen LogP contribution >= 0.6 is 23.6 Å². The van der Waals surface area contributed by atoms with Crippen molar-refractivity contribution in [2.24, 2.45) is 0 Å². The lowest BCUT2D eigenvalue weighted by molar-refractivity contribution is 0.341. The van der Waals surface area contributed by atoms with E-state index < -0.39 is 9.84 Å². The van der Waals surface area contributed by atoms with Gasteiger partial charge in [-0.3, -0.25) is 0 Å². The fourth-order valence-electron chi connectivity index (χ4n) is 2.16. The topological polar surface area (TPSA) is 80.3 Å². The van der Waals surface area contributed by atoms with Gasteiger partial charge < -0.3 is 15.4 Å². The largest absolute Gasteiger partial charge is 0.494 e. The number of hydrogen-bond acceptors (Lipinski definition) is 6. The summed E-state index contributed by atoms with van der Waals surface area (Å²) in [6.45, 7) is 2.55. The lowest BCUT2D eigenvalue weighted by Crippen LogP contribution is -2.28. The zero-order chi connectivity index (χ0) is 16.4. The molecule has 6 nitrogen and oxygen atoms in total. The van der Waals surface area contributed by atoms with E-state index in [1.54, 1.807) is 6.08 Å². The van der Waals surface area contributed by atoms with E-state index in [4.69, 9.17) is 17.0 Å². The first-order valence-electron chi connectivity index (χ1n) is 6.96.